The van der Waals surface area contributed by atoms with E-state index in [0.717, 1.165) is 31.2 Å². The number of carbonyl (C=O) groups is 3. The number of carbonyl (C=O) groups excluding carboxylic acids is 3. The molecule has 1 N–H and O–H groups in total. The average molecular weight is 540 g/mol. The van der Waals surface area contributed by atoms with E-state index in [-0.39, 0.29) is 29.6 Å². The highest BCUT2D eigenvalue weighted by atomic mass is 32.2. The van der Waals surface area contributed by atoms with Gasteiger partial charge < -0.3 is 19.8 Å². The molecule has 0 saturated carbocycles. The van der Waals surface area contributed by atoms with Gasteiger partial charge in [-0.05, 0) is 31.2 Å². The Balaban J connectivity index is 1.67. The zero-order chi connectivity index (χ0) is 27.3. The highest BCUT2D eigenvalue weighted by Crippen LogP contribution is 2.66. The van der Waals surface area contributed by atoms with Crippen LogP contribution in [0.5, 0.6) is 0 Å². The quantitative estimate of drug-likeness (QED) is 0.366. The number of likely N-dealkylation sites (tertiary alicyclic amines) is 1. The third kappa shape index (κ3) is 5.17. The zero-order valence-electron chi connectivity index (χ0n) is 22.5. The molecule has 1 spiro atoms. The molecule has 5 atom stereocenters. The van der Waals surface area contributed by atoms with Crippen LogP contribution >= 0.6 is 11.8 Å². The Bertz CT molecular complexity index is 1030. The minimum absolute atomic E-state index is 0.0123. The maximum atomic E-state index is 14.1. The Morgan fingerprint density at radius 1 is 1.13 bits per heavy atom. The molecule has 0 radical (unpaired) electrons. The van der Waals surface area contributed by atoms with Crippen LogP contribution in [0.3, 0.4) is 0 Å². The summed E-state index contributed by atoms with van der Waals surface area (Å²) in [6.45, 7) is 12.0. The first kappa shape index (κ1) is 28.4. The Labute approximate surface area is 230 Å². The van der Waals surface area contributed by atoms with Crippen LogP contribution in [-0.2, 0) is 20.9 Å². The van der Waals surface area contributed by atoms with Gasteiger partial charge in [-0.3, -0.25) is 14.4 Å². The van der Waals surface area contributed by atoms with E-state index < -0.39 is 22.6 Å². The number of aliphatic hydroxyl groups excluding tert-OH is 1. The minimum atomic E-state index is -0.627. The molecular weight excluding hydrogens is 498 g/mol. The first-order valence-electron chi connectivity index (χ1n) is 13.9. The third-order valence-electron chi connectivity index (χ3n) is 8.20. The molecule has 3 aliphatic rings. The highest BCUT2D eigenvalue weighted by molar-refractivity contribution is 8.02. The topological polar surface area (TPSA) is 81.2 Å². The summed E-state index contributed by atoms with van der Waals surface area (Å²) in [5.74, 6) is -1.21. The van der Waals surface area contributed by atoms with Gasteiger partial charge in [0.1, 0.15) is 6.04 Å². The summed E-state index contributed by atoms with van der Waals surface area (Å²) in [4.78, 5) is 47.7. The van der Waals surface area contributed by atoms with Crippen LogP contribution in [0.25, 0.3) is 0 Å². The van der Waals surface area contributed by atoms with Crippen molar-refractivity contribution in [1.29, 1.82) is 0 Å². The highest BCUT2D eigenvalue weighted by Gasteiger charge is 2.73. The van der Waals surface area contributed by atoms with Crippen LogP contribution in [0, 0.1) is 11.8 Å². The second-order valence-corrected chi connectivity index (χ2v) is 12.2. The van der Waals surface area contributed by atoms with Crippen LogP contribution in [0.15, 0.2) is 55.6 Å². The number of aliphatic hydroxyl groups is 1. The van der Waals surface area contributed by atoms with E-state index in [4.69, 9.17) is 0 Å². The van der Waals surface area contributed by atoms with Gasteiger partial charge in [0.2, 0.25) is 17.7 Å². The molecule has 3 aliphatic heterocycles. The summed E-state index contributed by atoms with van der Waals surface area (Å²) >= 11 is 1.69. The number of hydrogen-bond acceptors (Lipinski definition) is 5. The summed E-state index contributed by atoms with van der Waals surface area (Å²) in [6.07, 6.45) is 7.25. The number of fused-ring (bicyclic) bond motifs is 1. The molecule has 206 valence electrons. The van der Waals surface area contributed by atoms with E-state index in [1.54, 1.807) is 33.7 Å². The Morgan fingerprint density at radius 2 is 1.84 bits per heavy atom. The molecule has 38 heavy (non-hydrogen) atoms. The third-order valence-corrected chi connectivity index (χ3v) is 10.1. The molecule has 3 amide bonds. The SMILES string of the molecule is C=CCN(CCCC)C(=O)C1N(CCCO)C(=O)[C@@H]2[C@H](C(=O)N(CC=C)Cc3ccccc3)[C@@H]3CCC12S3. The Kier molecular flexibility index (Phi) is 9.36. The van der Waals surface area contributed by atoms with E-state index in [2.05, 4.69) is 20.1 Å². The van der Waals surface area contributed by atoms with Crippen molar-refractivity contribution in [2.45, 2.75) is 61.6 Å². The first-order chi connectivity index (χ1) is 18.4. The summed E-state index contributed by atoms with van der Waals surface area (Å²) < 4.78 is -0.618. The van der Waals surface area contributed by atoms with Gasteiger partial charge >= 0.3 is 0 Å². The monoisotopic (exact) mass is 539 g/mol. The molecule has 8 heteroatoms. The number of amides is 3. The van der Waals surface area contributed by atoms with Crippen LogP contribution < -0.4 is 0 Å². The average Bonchev–Trinajstić information content (AvgIpc) is 3.56. The predicted octanol–water partition coefficient (Wildman–Crippen LogP) is 3.49. The molecule has 2 unspecified atom stereocenters. The molecule has 3 heterocycles. The van der Waals surface area contributed by atoms with Crippen LogP contribution in [0.4, 0.5) is 0 Å². The molecule has 0 aromatic heterocycles. The molecule has 3 saturated heterocycles. The van der Waals surface area contributed by atoms with E-state index in [9.17, 15) is 19.5 Å². The summed E-state index contributed by atoms with van der Waals surface area (Å²) in [5, 5.41) is 9.58. The van der Waals surface area contributed by atoms with Crippen molar-refractivity contribution in [3.63, 3.8) is 0 Å². The van der Waals surface area contributed by atoms with Crippen LogP contribution in [0.2, 0.25) is 0 Å². The lowest BCUT2D eigenvalue weighted by molar-refractivity contribution is -0.145. The number of thioether (sulfide) groups is 1. The summed E-state index contributed by atoms with van der Waals surface area (Å²) in [6, 6.07) is 9.23. The largest absolute Gasteiger partial charge is 0.396 e. The fourth-order valence-electron chi connectivity index (χ4n) is 6.57. The maximum Gasteiger partial charge on any atom is 0.247 e. The molecule has 1 aromatic rings. The number of benzene rings is 1. The summed E-state index contributed by atoms with van der Waals surface area (Å²) in [7, 11) is 0. The molecule has 3 fully saturated rings. The molecule has 0 aliphatic carbocycles. The smallest absolute Gasteiger partial charge is 0.247 e. The van der Waals surface area contributed by atoms with E-state index in [1.807, 2.05) is 35.2 Å². The number of hydrogen-bond donors (Lipinski definition) is 1. The Hall–Kier alpha value is -2.58. The van der Waals surface area contributed by atoms with Crippen LogP contribution in [-0.4, -0.2) is 86.4 Å². The minimum Gasteiger partial charge on any atom is -0.396 e. The molecule has 1 aromatic carbocycles. The molecule has 4 rings (SSSR count). The lowest BCUT2D eigenvalue weighted by Gasteiger charge is -2.37. The van der Waals surface area contributed by atoms with E-state index in [1.165, 1.54) is 0 Å². The van der Waals surface area contributed by atoms with Gasteiger partial charge in [-0.25, -0.2) is 0 Å². The van der Waals surface area contributed by atoms with E-state index >= 15 is 0 Å². The number of unbranched alkanes of at least 4 members (excludes halogenated alkanes) is 1. The van der Waals surface area contributed by atoms with Gasteiger partial charge in [-0.1, -0.05) is 55.8 Å². The molecular formula is C30H41N3O4S. The van der Waals surface area contributed by atoms with Crippen molar-refractivity contribution in [3.05, 3.63) is 61.2 Å². The van der Waals surface area contributed by atoms with Gasteiger partial charge in [0.05, 0.1) is 16.6 Å². The molecule has 7 nitrogen and oxygen atoms in total. The van der Waals surface area contributed by atoms with Crippen LogP contribution in [0.1, 0.15) is 44.6 Å². The number of rotatable bonds is 14. The van der Waals surface area contributed by atoms with Crippen molar-refractivity contribution >= 4 is 29.5 Å². The van der Waals surface area contributed by atoms with Crippen molar-refractivity contribution in [2.24, 2.45) is 11.8 Å². The maximum absolute atomic E-state index is 14.1. The van der Waals surface area contributed by atoms with E-state index in [0.29, 0.717) is 39.1 Å². The Morgan fingerprint density at radius 3 is 2.50 bits per heavy atom. The van der Waals surface area contributed by atoms with Crippen molar-refractivity contribution < 1.29 is 19.5 Å². The fraction of sp³-hybridized carbons (Fsp3) is 0.567. The van der Waals surface area contributed by atoms with Gasteiger partial charge in [0, 0.05) is 44.6 Å². The van der Waals surface area contributed by atoms with Gasteiger partial charge in [0.15, 0.2) is 0 Å². The van der Waals surface area contributed by atoms with Gasteiger partial charge in [-0.2, -0.15) is 0 Å². The molecule has 2 bridgehead atoms. The normalized spacial score (nSPS) is 27.3. The number of nitrogens with zero attached hydrogens (tertiary/aromatic N) is 3. The zero-order valence-corrected chi connectivity index (χ0v) is 23.3. The predicted molar refractivity (Wildman–Crippen MR) is 151 cm³/mol. The lowest BCUT2D eigenvalue weighted by atomic mass is 9.70. The second kappa shape index (κ2) is 12.5. The van der Waals surface area contributed by atoms with Gasteiger partial charge in [-0.15, -0.1) is 24.9 Å². The fourth-order valence-corrected chi connectivity index (χ4v) is 8.77. The first-order valence-corrected chi connectivity index (χ1v) is 14.7. The summed E-state index contributed by atoms with van der Waals surface area (Å²) in [5.41, 5.74) is 1.03. The second-order valence-electron chi connectivity index (χ2n) is 10.6. The standard InChI is InChI=1S/C30H41N3O4S/c1-4-7-18-31(16-5-2)29(37)26-30-15-14-23(38-30)24(25(30)28(36)33(26)19-11-20-34)27(35)32(17-6-3)21-22-12-9-8-10-13-22/h5-6,8-10,12-13,23-26,34H,2-4,7,11,14-21H2,1H3/t23-,24+,25-,26?,30?/m0/s1. The van der Waals surface area contributed by atoms with Crippen molar-refractivity contribution in [3.8, 4) is 0 Å². The van der Waals surface area contributed by atoms with Gasteiger partial charge in [0.25, 0.3) is 0 Å². The van der Waals surface area contributed by atoms with Crippen molar-refractivity contribution in [1.82, 2.24) is 14.7 Å². The van der Waals surface area contributed by atoms with Crippen molar-refractivity contribution in [2.75, 3.05) is 32.8 Å². The lowest BCUT2D eigenvalue weighted by Crippen LogP contribution is -2.55.